The van der Waals surface area contributed by atoms with Gasteiger partial charge in [-0.3, -0.25) is 33.2 Å². The predicted octanol–water partition coefficient (Wildman–Crippen LogP) is 17.8. The largest absolute Gasteiger partial charge is 1.00 e. The fourth-order valence-corrected chi connectivity index (χ4v) is 15.0. The molecule has 0 aliphatic carbocycles. The zero-order valence-corrected chi connectivity index (χ0v) is 86.5. The number of unbranched alkanes of at least 4 members (excludes halogenated alkanes) is 16. The summed E-state index contributed by atoms with van der Waals surface area (Å²) in [5.74, 6) is -2.86. The van der Waals surface area contributed by atoms with Crippen LogP contribution in [0.3, 0.4) is 0 Å². The maximum absolute atomic E-state index is 14.7. The molecule has 1 aliphatic rings. The predicted molar refractivity (Wildman–Crippen MR) is 505 cm³/mol. The Morgan fingerprint density at radius 3 is 1.42 bits per heavy atom. The number of benzene rings is 6. The van der Waals surface area contributed by atoms with Crippen molar-refractivity contribution in [2.45, 2.75) is 228 Å². The van der Waals surface area contributed by atoms with Gasteiger partial charge in [-0.05, 0) is 141 Å². The minimum Gasteiger partial charge on any atom is -1.00 e. The van der Waals surface area contributed by atoms with Crippen LogP contribution in [0.15, 0.2) is 97.1 Å². The van der Waals surface area contributed by atoms with E-state index in [2.05, 4.69) is 53.8 Å². The fourth-order valence-electron chi connectivity index (χ4n) is 12.2. The number of phenolic OH excluding ortho intramolecular Hbond substituents is 1. The van der Waals surface area contributed by atoms with Crippen LogP contribution in [0.25, 0.3) is 11.1 Å². The van der Waals surface area contributed by atoms with Crippen LogP contribution in [0, 0.1) is 23.2 Å². The molecule has 126 heavy (non-hydrogen) atoms. The molecule has 2 amide bonds. The topological polar surface area (TPSA) is 356 Å². The van der Waals surface area contributed by atoms with Gasteiger partial charge in [-0.15, -0.1) is 0 Å². The van der Waals surface area contributed by atoms with Crippen molar-refractivity contribution < 1.29 is 188 Å². The smallest absolute Gasteiger partial charge is 1.00 e. The Morgan fingerprint density at radius 1 is 0.619 bits per heavy atom. The number of ketones is 3. The molecule has 9 N–H and O–H groups in total. The number of amides is 2. The van der Waals surface area contributed by atoms with Crippen LogP contribution in [0.1, 0.15) is 251 Å². The number of carboxylic acid groups (broad SMARTS) is 1. The molecule has 0 saturated carbocycles. The van der Waals surface area contributed by atoms with Crippen LogP contribution in [0.4, 0.5) is 4.39 Å². The van der Waals surface area contributed by atoms with E-state index in [9.17, 15) is 38.4 Å². The molecule has 0 fully saturated rings. The quantitative estimate of drug-likeness (QED) is 0.00393. The first kappa shape index (κ1) is 126. The van der Waals surface area contributed by atoms with Crippen molar-refractivity contribution in [3.8, 4) is 51.7 Å². The number of hydrogen-bond donors (Lipinski definition) is 6. The third kappa shape index (κ3) is 53.3. The summed E-state index contributed by atoms with van der Waals surface area (Å²) in [6.07, 6.45) is 23.6. The Balaban J connectivity index is -0.000000631. The molecule has 7 rings (SSSR count). The number of rotatable bonds is 44. The van der Waals surface area contributed by atoms with E-state index in [4.69, 9.17) is 155 Å². The number of Topliss-reactive ketones (excluding diaryl/α,β-unsaturated/α-hetero) is 3. The van der Waals surface area contributed by atoms with E-state index in [0.717, 1.165) is 63.7 Å². The van der Waals surface area contributed by atoms with E-state index in [1.807, 2.05) is 12.1 Å². The molecule has 34 heteroatoms. The number of fused-ring (bicyclic) bond motifs is 5. The van der Waals surface area contributed by atoms with E-state index in [-0.39, 0.29) is 240 Å². The maximum Gasteiger partial charge on any atom is 1.00 e. The molecular formula is C92H130BrCl8FK2N6O16. The molecule has 1 heterocycles. The van der Waals surface area contributed by atoms with Gasteiger partial charge in [0.25, 0.3) is 6.47 Å². The minimum atomic E-state index is -1.27. The van der Waals surface area contributed by atoms with Crippen molar-refractivity contribution in [3.05, 3.63) is 159 Å². The summed E-state index contributed by atoms with van der Waals surface area (Å²) in [6, 6.07) is 25.9. The van der Waals surface area contributed by atoms with E-state index in [1.54, 1.807) is 61.5 Å². The molecule has 0 radical (unpaired) electrons. The molecule has 22 nitrogen and oxygen atoms in total. The summed E-state index contributed by atoms with van der Waals surface area (Å²) in [4.78, 5) is 94.0. The van der Waals surface area contributed by atoms with Gasteiger partial charge in [0.05, 0.1) is 71.7 Å². The average Bonchev–Trinajstić information content (AvgIpc) is 0.788. The number of nitrogens with zero attached hydrogens (tertiary/aromatic N) is 2. The number of nitrogens with one attached hydrogen (secondary N) is 1. The van der Waals surface area contributed by atoms with Crippen molar-refractivity contribution in [2.75, 3.05) is 72.2 Å². The van der Waals surface area contributed by atoms with Gasteiger partial charge in [0.2, 0.25) is 11.8 Å². The molecule has 0 aromatic heterocycles. The van der Waals surface area contributed by atoms with Crippen molar-refractivity contribution in [3.63, 3.8) is 0 Å². The number of hydrogen-bond acceptors (Lipinski definition) is 19. The van der Waals surface area contributed by atoms with Crippen molar-refractivity contribution in [2.24, 2.45) is 29.0 Å². The molecule has 6 aromatic rings. The van der Waals surface area contributed by atoms with Gasteiger partial charge in [-0.25, -0.2) is 4.79 Å². The van der Waals surface area contributed by atoms with E-state index in [1.165, 1.54) is 131 Å². The molecule has 0 spiro atoms. The third-order valence-electron chi connectivity index (χ3n) is 18.4. The second kappa shape index (κ2) is 78.8. The summed E-state index contributed by atoms with van der Waals surface area (Å²) >= 11 is 51.2. The number of nitriles is 1. The van der Waals surface area contributed by atoms with Crippen LogP contribution in [-0.2, 0) is 35.3 Å². The number of nitrogens with two attached hydrogens (primary N) is 3. The standard InChI is InChI=1S/C48H62Cl2N6O8.C14H18Cl2O3.C13H18Cl2O.C7H15Br.C6H4Cl2O.CH3F.CH2O3.2CH4.2K.H/c1-4-5-6-7-8-20-62-34-28-37(49)45(38(50)29-34)41(58)27-33(15-17-52)48(61)56(3)46-32-12-14-44(64-22-19-54)36(26-32)35-24-31(11-13-43(35)63-21-18-53)25-39(40(57)10-9-16-51)55-47(60)30(2)23-42(46)59;1-2-3-4-5-6-7-19-10-8-11(15)13(14(17)18)12(16)9-10;1-2-3-4-5-6-7-16-13-9-11(14)8-12(15)10-13;1-2-3-4-5-6-7-8;7-4-1-5(8)3-6(9)2-4;1-2;2-1-4-3;;;;;/h11-14,24,26,28-30,33,39,46H,4-10,15,17-23,25,27,52-54H2,1-3H3,(H,55,60);8-9H,2-7H2,1H3,(H,17,18);8-10H,2-7H2,1H3;2-7H2,1H3;1-3,9H;1H3;1,3H;2*1H4;;;/q;;;;;;;;;2*+1;-1/p-1/t30-,33-,39+,46+;;;;;;;;;;;/m1.........../s1/i;;;;;1D;;;;;;. The van der Waals surface area contributed by atoms with Gasteiger partial charge in [0.15, 0.2) is 17.3 Å². The number of halogens is 10. The Hall–Kier alpha value is -3.66. The second-order valence-electron chi connectivity index (χ2n) is 28.2. The minimum absolute atomic E-state index is 0. The van der Waals surface area contributed by atoms with E-state index >= 15 is 0 Å². The summed E-state index contributed by atoms with van der Waals surface area (Å²) in [5, 5.41) is 41.9. The van der Waals surface area contributed by atoms with Crippen molar-refractivity contribution in [1.29, 1.82) is 5.26 Å². The molecule has 696 valence electrons. The summed E-state index contributed by atoms with van der Waals surface area (Å²) < 4.78 is 44.7. The zero-order chi connectivity index (χ0) is 92.0. The Bertz CT molecular complexity index is 4040. The number of alkyl halides is 2. The van der Waals surface area contributed by atoms with Crippen LogP contribution in [0.5, 0.6) is 34.5 Å². The van der Waals surface area contributed by atoms with Crippen molar-refractivity contribution >= 4 is 150 Å². The Kier molecular flexibility index (Phi) is 79.1. The summed E-state index contributed by atoms with van der Waals surface area (Å²) in [7, 11) is 0.472. The summed E-state index contributed by atoms with van der Waals surface area (Å²) in [6.45, 7) is 12.7. The van der Waals surface area contributed by atoms with Crippen LogP contribution in [-0.4, -0.2) is 135 Å². The van der Waals surface area contributed by atoms with Crippen molar-refractivity contribution in [1.82, 2.24) is 10.2 Å². The molecule has 0 saturated heterocycles. The van der Waals surface area contributed by atoms with E-state index < -0.39 is 60.4 Å². The molecule has 4 bridgehead atoms. The summed E-state index contributed by atoms with van der Waals surface area (Å²) in [5.41, 5.74) is 19.8. The Morgan fingerprint density at radius 2 is 1.02 bits per heavy atom. The third-order valence-corrected chi connectivity index (χ3v) is 21.0. The fraction of sp³-hybridized carbons (Fsp3) is 0.522. The van der Waals surface area contributed by atoms with E-state index in [0.29, 0.717) is 78.6 Å². The molecule has 6 aromatic carbocycles. The van der Waals surface area contributed by atoms with Gasteiger partial charge in [-0.2, -0.15) is 5.26 Å². The van der Waals surface area contributed by atoms with Gasteiger partial charge in [-0.1, -0.05) is 273 Å². The maximum atomic E-state index is 14.7. The monoisotopic (exact) mass is 2030 g/mol. The first-order valence-corrected chi connectivity index (χ1v) is 45.1. The zero-order valence-electron chi connectivity index (χ0n) is 74.6. The number of aromatic hydroxyl groups is 1. The second-order valence-corrected chi connectivity index (χ2v) is 32.4. The van der Waals surface area contributed by atoms with Gasteiger partial charge >= 0.3 is 109 Å². The average molecular weight is 2040 g/mol. The number of aromatic carboxylic acids is 1. The Labute approximate surface area is 883 Å². The number of carbonyl (C=O) groups excluding carboxylic acids is 6. The number of phenols is 1. The number of likely N-dealkylation sites (N-methyl/N-ethyl adjacent to an activating group) is 1. The van der Waals surface area contributed by atoms with Crippen LogP contribution < -0.4 is 154 Å². The van der Waals surface area contributed by atoms with Crippen LogP contribution in [0.2, 0.25) is 40.2 Å². The number of ether oxygens (including phenoxy) is 5. The van der Waals surface area contributed by atoms with Gasteiger partial charge in [0.1, 0.15) is 53.8 Å². The first-order valence-electron chi connectivity index (χ1n) is 41.7. The molecular weight excluding hydrogens is 1910 g/mol. The molecule has 0 unspecified atom stereocenters. The SMILES string of the molecule is C.C.CCCCCCCBr.CCCCCCCOc1cc(Cl)c(C(=O)C[C@@H](CCN)C(=O)N(C)[C@@H]2C(=O)C[C@@H](C)C(=O)N[C@H](C(=O)CCC#N)Cc3ccc(OCCN)c(c3)-c3cc2ccc3OCCN)c(Cl)c1.CCCCCCCOc1cc(Cl)c(C(=O)O)c(Cl)c1.CCCCCCCOc1cc(Cl)cc(Cl)c1.O=CO[O-].Oc1cc(Cl)cc(Cl)c1.[2H]CF.[H-].[K+].[K+]. The number of carbonyl (C=O) groups is 7. The molecule has 4 atom stereocenters. The van der Waals surface area contributed by atoms with Gasteiger partial charge in [0, 0.05) is 94.2 Å². The number of carboxylic acids is 1. The first-order chi connectivity index (χ1) is 59.0. The normalized spacial score (nSPS) is 13.0. The van der Waals surface area contributed by atoms with Gasteiger partial charge < -0.3 is 72.9 Å². The molecule has 1 aliphatic heterocycles. The van der Waals surface area contributed by atoms with Crippen LogP contribution >= 0.6 is 109 Å².